The molecule has 0 heterocycles. The third-order valence-electron chi connectivity index (χ3n) is 3.59. The average molecular weight is 328 g/mol. The highest BCUT2D eigenvalue weighted by molar-refractivity contribution is 7.90. The minimum absolute atomic E-state index is 0.288. The number of hydrogen-bond donors (Lipinski definition) is 1. The lowest BCUT2D eigenvalue weighted by Crippen LogP contribution is -2.50. The van der Waals surface area contributed by atoms with Crippen LogP contribution in [0, 0.1) is 0 Å². The second-order valence-corrected chi connectivity index (χ2v) is 6.67. The first-order valence-corrected chi connectivity index (χ1v) is 8.79. The highest BCUT2D eigenvalue weighted by Crippen LogP contribution is 2.13. The molecule has 1 rings (SSSR count). The van der Waals surface area contributed by atoms with Gasteiger partial charge in [0.05, 0.1) is 0 Å². The van der Waals surface area contributed by atoms with E-state index in [9.17, 15) is 13.2 Å². The van der Waals surface area contributed by atoms with Gasteiger partial charge in [0.1, 0.15) is 0 Å². The zero-order valence-corrected chi connectivity index (χ0v) is 14.3. The highest BCUT2D eigenvalue weighted by atomic mass is 32.2. The number of likely N-dealkylation sites (N-methyl/N-ethyl adjacent to an activating group) is 1. The predicted octanol–water partition coefficient (Wildman–Crippen LogP) is 1.45. The molecule has 6 nitrogen and oxygen atoms in total. The van der Waals surface area contributed by atoms with E-state index in [-0.39, 0.29) is 11.6 Å². The first kappa shape index (κ1) is 18.6. The standard InChI is InChI=1S/C15H24N2O4S/c1-5-17(6-2)12(3)15(21-4)22(19,20)16-14(18)13-10-8-7-9-11-13/h7-12,15H,5-6H2,1-4H3,(H,16,18). The number of hydrogen-bond acceptors (Lipinski definition) is 5. The molecule has 7 heteroatoms. The summed E-state index contributed by atoms with van der Waals surface area (Å²) >= 11 is 0. The van der Waals surface area contributed by atoms with Crippen LogP contribution in [-0.4, -0.2) is 50.9 Å². The minimum atomic E-state index is -3.95. The van der Waals surface area contributed by atoms with Gasteiger partial charge >= 0.3 is 0 Å². The molecule has 0 aliphatic carbocycles. The number of nitrogens with zero attached hydrogens (tertiary/aromatic N) is 1. The number of rotatable bonds is 8. The van der Waals surface area contributed by atoms with Gasteiger partial charge < -0.3 is 4.74 Å². The molecule has 0 radical (unpaired) electrons. The Labute approximate surface area is 132 Å². The summed E-state index contributed by atoms with van der Waals surface area (Å²) in [7, 11) is -2.62. The molecule has 1 aromatic carbocycles. The van der Waals surface area contributed by atoms with Crippen LogP contribution in [0.15, 0.2) is 30.3 Å². The number of ether oxygens (including phenoxy) is 1. The zero-order chi connectivity index (χ0) is 16.8. The molecule has 22 heavy (non-hydrogen) atoms. The summed E-state index contributed by atoms with van der Waals surface area (Å²) in [5.41, 5.74) is -0.837. The molecule has 2 atom stereocenters. The summed E-state index contributed by atoms with van der Waals surface area (Å²) in [6, 6.07) is 7.84. The van der Waals surface area contributed by atoms with Crippen molar-refractivity contribution in [3.8, 4) is 0 Å². The number of methoxy groups -OCH3 is 1. The van der Waals surface area contributed by atoms with Gasteiger partial charge in [-0.15, -0.1) is 0 Å². The molecule has 2 unspecified atom stereocenters. The van der Waals surface area contributed by atoms with Crippen LogP contribution in [0.3, 0.4) is 0 Å². The van der Waals surface area contributed by atoms with Gasteiger partial charge in [-0.2, -0.15) is 0 Å². The number of sulfonamides is 1. The number of amides is 1. The van der Waals surface area contributed by atoms with Crippen molar-refractivity contribution in [3.05, 3.63) is 35.9 Å². The maximum atomic E-state index is 12.4. The molecular formula is C15H24N2O4S. The third kappa shape index (κ3) is 4.53. The van der Waals surface area contributed by atoms with Crippen LogP contribution in [0.4, 0.5) is 0 Å². The summed E-state index contributed by atoms with van der Waals surface area (Å²) in [6.45, 7) is 7.05. The fourth-order valence-corrected chi connectivity index (χ4v) is 3.83. The van der Waals surface area contributed by atoms with Crippen molar-refractivity contribution in [2.24, 2.45) is 0 Å². The van der Waals surface area contributed by atoms with E-state index in [1.807, 2.05) is 18.7 Å². The average Bonchev–Trinajstić information content (AvgIpc) is 2.49. The summed E-state index contributed by atoms with van der Waals surface area (Å²) in [5.74, 6) is -0.658. The molecule has 0 fully saturated rings. The molecule has 1 aromatic rings. The van der Waals surface area contributed by atoms with Crippen LogP contribution in [0.5, 0.6) is 0 Å². The van der Waals surface area contributed by atoms with E-state index in [1.165, 1.54) is 7.11 Å². The maximum Gasteiger partial charge on any atom is 0.264 e. The van der Waals surface area contributed by atoms with Crippen molar-refractivity contribution >= 4 is 15.9 Å². The molecule has 0 saturated heterocycles. The van der Waals surface area contributed by atoms with E-state index in [0.29, 0.717) is 13.1 Å². The Hall–Kier alpha value is -1.44. The monoisotopic (exact) mass is 328 g/mol. The van der Waals surface area contributed by atoms with Crippen LogP contribution in [0.2, 0.25) is 0 Å². The lowest BCUT2D eigenvalue weighted by Gasteiger charge is -2.31. The van der Waals surface area contributed by atoms with Gasteiger partial charge in [-0.25, -0.2) is 13.1 Å². The van der Waals surface area contributed by atoms with Crippen LogP contribution in [0.25, 0.3) is 0 Å². The molecular weight excluding hydrogens is 304 g/mol. The van der Waals surface area contributed by atoms with Crippen molar-refractivity contribution in [2.75, 3.05) is 20.2 Å². The molecule has 0 spiro atoms. The Morgan fingerprint density at radius 1 is 1.23 bits per heavy atom. The van der Waals surface area contributed by atoms with Crippen molar-refractivity contribution in [2.45, 2.75) is 32.2 Å². The van der Waals surface area contributed by atoms with Crippen LogP contribution in [0.1, 0.15) is 31.1 Å². The first-order valence-electron chi connectivity index (χ1n) is 7.25. The smallest absolute Gasteiger partial charge is 0.264 e. The third-order valence-corrected chi connectivity index (χ3v) is 5.26. The van der Waals surface area contributed by atoms with Gasteiger partial charge in [0.25, 0.3) is 15.9 Å². The first-order chi connectivity index (χ1) is 10.4. The van der Waals surface area contributed by atoms with E-state index >= 15 is 0 Å². The van der Waals surface area contributed by atoms with Crippen molar-refractivity contribution in [3.63, 3.8) is 0 Å². The van der Waals surface area contributed by atoms with Crippen LogP contribution < -0.4 is 4.72 Å². The molecule has 0 saturated carbocycles. The van der Waals surface area contributed by atoms with Gasteiger partial charge in [-0.05, 0) is 32.1 Å². The predicted molar refractivity (Wildman–Crippen MR) is 86.0 cm³/mol. The van der Waals surface area contributed by atoms with Gasteiger partial charge in [-0.1, -0.05) is 32.0 Å². The van der Waals surface area contributed by atoms with Crippen molar-refractivity contribution < 1.29 is 17.9 Å². The molecule has 0 aliphatic heterocycles. The molecule has 0 aliphatic rings. The summed E-state index contributed by atoms with van der Waals surface area (Å²) in [5, 5.41) is 0. The van der Waals surface area contributed by atoms with Gasteiger partial charge in [-0.3, -0.25) is 9.69 Å². The Morgan fingerprint density at radius 2 is 1.77 bits per heavy atom. The molecule has 0 bridgehead atoms. The Kier molecular flexibility index (Phi) is 6.99. The normalized spacial score (nSPS) is 14.6. The van der Waals surface area contributed by atoms with E-state index in [1.54, 1.807) is 37.3 Å². The number of carbonyl (C=O) groups is 1. The second kappa shape index (κ2) is 8.26. The van der Waals surface area contributed by atoms with E-state index in [2.05, 4.69) is 4.72 Å². The lowest BCUT2D eigenvalue weighted by atomic mass is 10.2. The SMILES string of the molecule is CCN(CC)C(C)C(OC)S(=O)(=O)NC(=O)c1ccccc1. The Morgan fingerprint density at radius 3 is 2.23 bits per heavy atom. The fraction of sp³-hybridized carbons (Fsp3) is 0.533. The maximum absolute atomic E-state index is 12.4. The van der Waals surface area contributed by atoms with Gasteiger partial charge in [0, 0.05) is 18.7 Å². The number of carbonyl (C=O) groups excluding carboxylic acids is 1. The minimum Gasteiger partial charge on any atom is -0.362 e. The summed E-state index contributed by atoms with van der Waals surface area (Å²) < 4.78 is 32.1. The molecule has 1 N–H and O–H groups in total. The highest BCUT2D eigenvalue weighted by Gasteiger charge is 2.34. The Balaban J connectivity index is 2.93. The van der Waals surface area contributed by atoms with Gasteiger partial charge in [0.2, 0.25) is 0 Å². The number of benzene rings is 1. The Bertz CT molecular complexity index is 570. The fourth-order valence-electron chi connectivity index (χ4n) is 2.39. The lowest BCUT2D eigenvalue weighted by molar-refractivity contribution is 0.0739. The second-order valence-electron chi connectivity index (χ2n) is 4.91. The van der Waals surface area contributed by atoms with E-state index in [0.717, 1.165) is 0 Å². The van der Waals surface area contributed by atoms with Crippen LogP contribution >= 0.6 is 0 Å². The van der Waals surface area contributed by atoms with Gasteiger partial charge in [0.15, 0.2) is 5.44 Å². The quantitative estimate of drug-likeness (QED) is 0.782. The van der Waals surface area contributed by atoms with Crippen LogP contribution in [-0.2, 0) is 14.8 Å². The molecule has 124 valence electrons. The summed E-state index contributed by atoms with van der Waals surface area (Å²) in [4.78, 5) is 14.0. The van der Waals surface area contributed by atoms with Crippen molar-refractivity contribution in [1.29, 1.82) is 0 Å². The topological polar surface area (TPSA) is 75.7 Å². The van der Waals surface area contributed by atoms with Crippen molar-refractivity contribution in [1.82, 2.24) is 9.62 Å². The molecule has 1 amide bonds. The molecule has 0 aromatic heterocycles. The zero-order valence-electron chi connectivity index (χ0n) is 13.4. The largest absolute Gasteiger partial charge is 0.362 e. The summed E-state index contributed by atoms with van der Waals surface area (Å²) in [6.07, 6.45) is 0. The van der Waals surface area contributed by atoms with E-state index < -0.39 is 21.4 Å². The van der Waals surface area contributed by atoms with E-state index in [4.69, 9.17) is 4.74 Å². The number of nitrogens with one attached hydrogen (secondary N) is 1.